The van der Waals surface area contributed by atoms with Crippen molar-refractivity contribution in [1.29, 1.82) is 0 Å². The topological polar surface area (TPSA) is 55.6 Å². The summed E-state index contributed by atoms with van der Waals surface area (Å²) in [5.74, 6) is 0.705. The second-order valence-corrected chi connectivity index (χ2v) is 5.34. The SMILES string of the molecule is Cc1ccc2c(c1)OC(C)(C)C(=O)N2C(C)CN. The minimum absolute atomic E-state index is 0.0397. The maximum atomic E-state index is 12.4. The maximum Gasteiger partial charge on any atom is 0.270 e. The van der Waals surface area contributed by atoms with E-state index in [2.05, 4.69) is 0 Å². The van der Waals surface area contributed by atoms with Gasteiger partial charge in [-0.2, -0.15) is 0 Å². The largest absolute Gasteiger partial charge is 0.476 e. The molecule has 1 aromatic carbocycles. The Morgan fingerprint density at radius 1 is 1.44 bits per heavy atom. The van der Waals surface area contributed by atoms with Crippen molar-refractivity contribution in [1.82, 2.24) is 0 Å². The molecule has 1 atom stereocenters. The fourth-order valence-corrected chi connectivity index (χ4v) is 2.16. The number of benzene rings is 1. The lowest BCUT2D eigenvalue weighted by molar-refractivity contribution is -0.133. The van der Waals surface area contributed by atoms with Crippen LogP contribution < -0.4 is 15.4 Å². The summed E-state index contributed by atoms with van der Waals surface area (Å²) in [6.07, 6.45) is 0. The van der Waals surface area contributed by atoms with E-state index in [1.807, 2.05) is 32.0 Å². The lowest BCUT2D eigenvalue weighted by Gasteiger charge is -2.41. The molecule has 1 unspecified atom stereocenters. The van der Waals surface area contributed by atoms with E-state index < -0.39 is 5.60 Å². The number of hydrogen-bond donors (Lipinski definition) is 1. The van der Waals surface area contributed by atoms with Crippen molar-refractivity contribution in [3.8, 4) is 5.75 Å². The normalized spacial score (nSPS) is 19.2. The van der Waals surface area contributed by atoms with Gasteiger partial charge < -0.3 is 15.4 Å². The molecule has 0 fully saturated rings. The number of anilines is 1. The molecule has 0 bridgehead atoms. The van der Waals surface area contributed by atoms with Gasteiger partial charge in [0, 0.05) is 12.6 Å². The van der Waals surface area contributed by atoms with Crippen LogP contribution in [-0.2, 0) is 4.79 Å². The van der Waals surface area contributed by atoms with Gasteiger partial charge in [0.05, 0.1) is 5.69 Å². The van der Waals surface area contributed by atoms with Gasteiger partial charge in [-0.3, -0.25) is 4.79 Å². The third kappa shape index (κ3) is 1.97. The number of nitrogens with zero attached hydrogens (tertiary/aromatic N) is 1. The van der Waals surface area contributed by atoms with Crippen LogP contribution in [0, 0.1) is 6.92 Å². The standard InChI is InChI=1S/C14H20N2O2/c1-9-5-6-11-12(7-9)18-14(3,4)13(17)16(11)10(2)8-15/h5-7,10H,8,15H2,1-4H3. The summed E-state index contributed by atoms with van der Waals surface area (Å²) in [5, 5.41) is 0. The molecule has 0 radical (unpaired) electrons. The van der Waals surface area contributed by atoms with Crippen molar-refractivity contribution in [3.63, 3.8) is 0 Å². The lowest BCUT2D eigenvalue weighted by atomic mass is 10.0. The van der Waals surface area contributed by atoms with Crippen molar-refractivity contribution in [2.45, 2.75) is 39.3 Å². The fraction of sp³-hybridized carbons (Fsp3) is 0.500. The zero-order valence-corrected chi connectivity index (χ0v) is 11.4. The summed E-state index contributed by atoms with van der Waals surface area (Å²) in [6, 6.07) is 5.82. The zero-order valence-electron chi connectivity index (χ0n) is 11.4. The predicted octanol–water partition coefficient (Wildman–Crippen LogP) is 1.85. The molecule has 0 aromatic heterocycles. The molecule has 98 valence electrons. The maximum absolute atomic E-state index is 12.4. The van der Waals surface area contributed by atoms with E-state index in [0.29, 0.717) is 6.54 Å². The van der Waals surface area contributed by atoms with Crippen LogP contribution in [0.15, 0.2) is 18.2 Å². The van der Waals surface area contributed by atoms with Gasteiger partial charge in [-0.15, -0.1) is 0 Å². The van der Waals surface area contributed by atoms with Crippen LogP contribution in [0.4, 0.5) is 5.69 Å². The Morgan fingerprint density at radius 2 is 2.11 bits per heavy atom. The molecule has 18 heavy (non-hydrogen) atoms. The molecule has 0 saturated carbocycles. The van der Waals surface area contributed by atoms with Crippen molar-refractivity contribution in [3.05, 3.63) is 23.8 Å². The molecular formula is C14H20N2O2. The van der Waals surface area contributed by atoms with Gasteiger partial charge in [0.1, 0.15) is 5.75 Å². The van der Waals surface area contributed by atoms with Gasteiger partial charge in [0.15, 0.2) is 5.60 Å². The first-order valence-corrected chi connectivity index (χ1v) is 6.20. The Morgan fingerprint density at radius 3 is 2.72 bits per heavy atom. The van der Waals surface area contributed by atoms with Gasteiger partial charge in [0.2, 0.25) is 0 Å². The van der Waals surface area contributed by atoms with E-state index in [9.17, 15) is 4.79 Å². The van der Waals surface area contributed by atoms with Crippen LogP contribution in [0.2, 0.25) is 0 Å². The summed E-state index contributed by atoms with van der Waals surface area (Å²) in [7, 11) is 0. The number of rotatable bonds is 2. The first-order chi connectivity index (χ1) is 8.36. The highest BCUT2D eigenvalue weighted by Crippen LogP contribution is 2.39. The highest BCUT2D eigenvalue weighted by atomic mass is 16.5. The Labute approximate surface area is 108 Å². The molecule has 1 aliphatic rings. The Balaban J connectivity index is 2.55. The minimum atomic E-state index is -0.843. The Bertz CT molecular complexity index is 483. The second-order valence-electron chi connectivity index (χ2n) is 5.34. The molecule has 1 amide bonds. The summed E-state index contributed by atoms with van der Waals surface area (Å²) >= 11 is 0. The quantitative estimate of drug-likeness (QED) is 0.869. The van der Waals surface area contributed by atoms with E-state index in [4.69, 9.17) is 10.5 Å². The van der Waals surface area contributed by atoms with E-state index in [0.717, 1.165) is 17.0 Å². The fourth-order valence-electron chi connectivity index (χ4n) is 2.16. The summed E-state index contributed by atoms with van der Waals surface area (Å²) in [4.78, 5) is 14.2. The van der Waals surface area contributed by atoms with Gasteiger partial charge in [-0.05, 0) is 45.4 Å². The van der Waals surface area contributed by atoms with E-state index in [-0.39, 0.29) is 11.9 Å². The molecule has 1 aromatic rings. The van der Waals surface area contributed by atoms with Crippen LogP contribution in [0.25, 0.3) is 0 Å². The molecule has 2 rings (SSSR count). The van der Waals surface area contributed by atoms with Crippen LogP contribution in [0.1, 0.15) is 26.3 Å². The molecule has 1 aliphatic heterocycles. The van der Waals surface area contributed by atoms with Crippen molar-refractivity contribution >= 4 is 11.6 Å². The molecule has 0 spiro atoms. The number of carbonyl (C=O) groups excluding carboxylic acids is 1. The lowest BCUT2D eigenvalue weighted by Crippen LogP contribution is -2.56. The number of nitrogens with two attached hydrogens (primary N) is 1. The number of amides is 1. The molecule has 1 heterocycles. The number of fused-ring (bicyclic) bond motifs is 1. The van der Waals surface area contributed by atoms with E-state index in [1.54, 1.807) is 18.7 Å². The van der Waals surface area contributed by atoms with Gasteiger partial charge in [-0.25, -0.2) is 0 Å². The van der Waals surface area contributed by atoms with Crippen LogP contribution in [-0.4, -0.2) is 24.1 Å². The van der Waals surface area contributed by atoms with Crippen molar-refractivity contribution in [2.75, 3.05) is 11.4 Å². The number of hydrogen-bond acceptors (Lipinski definition) is 3. The predicted molar refractivity (Wildman–Crippen MR) is 71.9 cm³/mol. The van der Waals surface area contributed by atoms with E-state index in [1.165, 1.54) is 0 Å². The van der Waals surface area contributed by atoms with Gasteiger partial charge in [0.25, 0.3) is 5.91 Å². The molecule has 0 saturated heterocycles. The number of ether oxygens (including phenoxy) is 1. The zero-order chi connectivity index (χ0) is 13.5. The molecule has 0 aliphatic carbocycles. The summed E-state index contributed by atoms with van der Waals surface area (Å²) in [6.45, 7) is 7.95. The molecule has 4 nitrogen and oxygen atoms in total. The Hall–Kier alpha value is -1.55. The van der Waals surface area contributed by atoms with Gasteiger partial charge >= 0.3 is 0 Å². The average molecular weight is 248 g/mol. The first-order valence-electron chi connectivity index (χ1n) is 6.20. The highest BCUT2D eigenvalue weighted by molar-refractivity contribution is 6.02. The number of carbonyl (C=O) groups is 1. The molecular weight excluding hydrogens is 228 g/mol. The monoisotopic (exact) mass is 248 g/mol. The van der Waals surface area contributed by atoms with Gasteiger partial charge in [-0.1, -0.05) is 6.07 Å². The smallest absolute Gasteiger partial charge is 0.270 e. The van der Waals surface area contributed by atoms with E-state index >= 15 is 0 Å². The minimum Gasteiger partial charge on any atom is -0.476 e. The molecule has 2 N–H and O–H groups in total. The third-order valence-electron chi connectivity index (χ3n) is 3.26. The molecule has 4 heteroatoms. The number of aryl methyl sites for hydroxylation is 1. The van der Waals surface area contributed by atoms with Crippen molar-refractivity contribution in [2.24, 2.45) is 5.73 Å². The summed E-state index contributed by atoms with van der Waals surface area (Å²) < 4.78 is 5.81. The van der Waals surface area contributed by atoms with Crippen LogP contribution in [0.3, 0.4) is 0 Å². The van der Waals surface area contributed by atoms with Crippen LogP contribution >= 0.6 is 0 Å². The first kappa shape index (κ1) is 12.9. The van der Waals surface area contributed by atoms with Crippen LogP contribution in [0.5, 0.6) is 5.75 Å². The average Bonchev–Trinajstić information content (AvgIpc) is 2.30. The third-order valence-corrected chi connectivity index (χ3v) is 3.26. The summed E-state index contributed by atoms with van der Waals surface area (Å²) in [5.41, 5.74) is 6.78. The Kier molecular flexibility index (Phi) is 3.07. The highest BCUT2D eigenvalue weighted by Gasteiger charge is 2.42. The second kappa shape index (κ2) is 4.28. The van der Waals surface area contributed by atoms with Crippen molar-refractivity contribution < 1.29 is 9.53 Å².